The van der Waals surface area contributed by atoms with Gasteiger partial charge in [0.15, 0.2) is 0 Å². The maximum atomic E-state index is 13.3. The largest absolute Gasteiger partial charge is 0.490 e. The molecule has 0 saturated carbocycles. The van der Waals surface area contributed by atoms with Crippen molar-refractivity contribution < 1.29 is 45.8 Å². The number of aromatic carboxylic acids is 1. The van der Waals surface area contributed by atoms with E-state index in [-0.39, 0.29) is 16.1 Å². The normalized spacial score (nSPS) is 11.2. The first-order chi connectivity index (χ1) is 15.7. The molecule has 0 atom stereocenters. The molecule has 1 aromatic carbocycles. The molecule has 188 valence electrons. The summed E-state index contributed by atoms with van der Waals surface area (Å²) >= 11 is 0. The molecule has 0 amide bonds. The van der Waals surface area contributed by atoms with E-state index >= 15 is 0 Å². The minimum absolute atomic E-state index is 0.00615. The molecule has 0 saturated heterocycles. The lowest BCUT2D eigenvalue weighted by Gasteiger charge is -2.24. The smallest absolute Gasteiger partial charge is 0.478 e. The van der Waals surface area contributed by atoms with Crippen molar-refractivity contribution in [2.24, 2.45) is 0 Å². The topological polar surface area (TPSA) is 137 Å². The number of carbonyl (C=O) groups is 2. The first kappa shape index (κ1) is 28.6. The van der Waals surface area contributed by atoms with E-state index in [9.17, 15) is 35.9 Å². The van der Waals surface area contributed by atoms with Crippen LogP contribution in [0.1, 0.15) is 37.0 Å². The fourth-order valence-corrected chi connectivity index (χ4v) is 3.70. The average Bonchev–Trinajstić information content (AvgIpc) is 2.73. The van der Waals surface area contributed by atoms with Gasteiger partial charge in [0, 0.05) is 13.1 Å². The van der Waals surface area contributed by atoms with Crippen LogP contribution >= 0.6 is 0 Å². The Kier molecular flexibility index (Phi) is 10.2. The van der Waals surface area contributed by atoms with E-state index in [0.717, 1.165) is 25.0 Å². The van der Waals surface area contributed by atoms with Crippen LogP contribution in [-0.4, -0.2) is 54.8 Å². The highest BCUT2D eigenvalue weighted by Crippen LogP contribution is 2.24. The van der Waals surface area contributed by atoms with Crippen molar-refractivity contribution in [3.8, 4) is 0 Å². The van der Waals surface area contributed by atoms with E-state index in [2.05, 4.69) is 9.71 Å². The van der Waals surface area contributed by atoms with E-state index < -0.39 is 34.0 Å². The Morgan fingerprint density at radius 1 is 1.09 bits per heavy atom. The number of sulfonamides is 1. The number of alkyl halides is 3. The fourth-order valence-electron chi connectivity index (χ4n) is 2.63. The molecular weight excluding hydrogens is 486 g/mol. The summed E-state index contributed by atoms with van der Waals surface area (Å²) in [5.74, 6) is -4.36. The summed E-state index contributed by atoms with van der Waals surface area (Å²) in [6.07, 6.45) is -2.19. The molecule has 1 heterocycles. The maximum absolute atomic E-state index is 13.3. The van der Waals surface area contributed by atoms with Gasteiger partial charge in [-0.15, -0.1) is 0 Å². The minimum Gasteiger partial charge on any atom is -0.478 e. The van der Waals surface area contributed by atoms with Crippen LogP contribution in [-0.2, 0) is 14.8 Å². The molecule has 0 aliphatic rings. The number of nitrogens with zero attached hydrogens (tertiary/aromatic N) is 2. The highest BCUT2D eigenvalue weighted by Gasteiger charge is 2.38. The quantitative estimate of drug-likeness (QED) is 0.432. The zero-order valence-corrected chi connectivity index (χ0v) is 19.0. The lowest BCUT2D eigenvalue weighted by Crippen LogP contribution is -2.28. The lowest BCUT2D eigenvalue weighted by molar-refractivity contribution is -0.192. The molecule has 14 heteroatoms. The highest BCUT2D eigenvalue weighted by molar-refractivity contribution is 7.92. The van der Waals surface area contributed by atoms with E-state index in [0.29, 0.717) is 18.9 Å². The van der Waals surface area contributed by atoms with Crippen LogP contribution in [0.2, 0.25) is 0 Å². The van der Waals surface area contributed by atoms with Gasteiger partial charge in [-0.2, -0.15) is 13.2 Å². The number of benzene rings is 1. The third-order valence-electron chi connectivity index (χ3n) is 3.98. The summed E-state index contributed by atoms with van der Waals surface area (Å²) in [7, 11) is -4.07. The van der Waals surface area contributed by atoms with Gasteiger partial charge in [0.1, 0.15) is 17.2 Å². The van der Waals surface area contributed by atoms with Crippen molar-refractivity contribution in [1.29, 1.82) is 0 Å². The zero-order chi connectivity index (χ0) is 26.1. The van der Waals surface area contributed by atoms with Gasteiger partial charge < -0.3 is 15.1 Å². The van der Waals surface area contributed by atoms with Gasteiger partial charge in [-0.25, -0.2) is 27.4 Å². The molecular formula is C20H23F4N3O6S. The number of hydrogen-bond acceptors (Lipinski definition) is 6. The van der Waals surface area contributed by atoms with Crippen LogP contribution in [0.15, 0.2) is 41.4 Å². The zero-order valence-electron chi connectivity index (χ0n) is 18.1. The van der Waals surface area contributed by atoms with E-state index in [1.165, 1.54) is 24.4 Å². The van der Waals surface area contributed by atoms with Gasteiger partial charge in [-0.05, 0) is 37.1 Å². The van der Waals surface area contributed by atoms with Crippen molar-refractivity contribution in [2.45, 2.75) is 37.8 Å². The van der Waals surface area contributed by atoms with Crippen LogP contribution in [0.3, 0.4) is 0 Å². The number of aromatic nitrogens is 1. The number of halogens is 4. The second kappa shape index (κ2) is 12.2. The Labute approximate surface area is 193 Å². The van der Waals surface area contributed by atoms with Gasteiger partial charge >= 0.3 is 18.1 Å². The molecule has 2 rings (SSSR count). The van der Waals surface area contributed by atoms with E-state index in [4.69, 9.17) is 9.90 Å². The van der Waals surface area contributed by atoms with Gasteiger partial charge in [-0.3, -0.25) is 4.72 Å². The second-order valence-electron chi connectivity index (χ2n) is 6.75. The Hall–Kier alpha value is -3.42. The molecule has 0 spiro atoms. The number of rotatable bonds is 9. The first-order valence-corrected chi connectivity index (χ1v) is 11.3. The Morgan fingerprint density at radius 2 is 1.65 bits per heavy atom. The summed E-state index contributed by atoms with van der Waals surface area (Å²) in [5, 5.41) is 16.7. The van der Waals surface area contributed by atoms with Crippen LogP contribution in [0.25, 0.3) is 0 Å². The Balaban J connectivity index is 0.000000718. The number of nitrogens with one attached hydrogen (secondary N) is 1. The third-order valence-corrected chi connectivity index (χ3v) is 5.36. The summed E-state index contributed by atoms with van der Waals surface area (Å²) < 4.78 is 72.1. The SMILES string of the molecule is CCCN(CCC)c1ncc(NS(=O)(=O)c2cccc(F)c2)cc1C(=O)O.O=C(O)C(F)(F)F. The van der Waals surface area contributed by atoms with E-state index in [1.807, 2.05) is 18.7 Å². The fraction of sp³-hybridized carbons (Fsp3) is 0.350. The summed E-state index contributed by atoms with van der Waals surface area (Å²) in [6.45, 7) is 5.22. The van der Waals surface area contributed by atoms with Crippen LogP contribution in [0.5, 0.6) is 0 Å². The highest BCUT2D eigenvalue weighted by atomic mass is 32.2. The van der Waals surface area contributed by atoms with Gasteiger partial charge in [0.05, 0.1) is 16.8 Å². The van der Waals surface area contributed by atoms with Crippen LogP contribution in [0, 0.1) is 5.82 Å². The van der Waals surface area contributed by atoms with Crippen molar-refractivity contribution in [1.82, 2.24) is 4.98 Å². The molecule has 34 heavy (non-hydrogen) atoms. The molecule has 1 aromatic heterocycles. The average molecular weight is 509 g/mol. The molecule has 2 aromatic rings. The summed E-state index contributed by atoms with van der Waals surface area (Å²) in [6, 6.07) is 5.76. The predicted molar refractivity (Wildman–Crippen MR) is 115 cm³/mol. The van der Waals surface area contributed by atoms with Crippen molar-refractivity contribution >= 4 is 33.5 Å². The van der Waals surface area contributed by atoms with Gasteiger partial charge in [-0.1, -0.05) is 19.9 Å². The molecule has 0 aliphatic carbocycles. The summed E-state index contributed by atoms with van der Waals surface area (Å²) in [5.41, 5.74) is -0.107. The van der Waals surface area contributed by atoms with Gasteiger partial charge in [0.2, 0.25) is 0 Å². The molecule has 3 N–H and O–H groups in total. The summed E-state index contributed by atoms with van der Waals surface area (Å²) in [4.78, 5) is 26.3. The first-order valence-electron chi connectivity index (χ1n) is 9.79. The molecule has 0 unspecified atom stereocenters. The van der Waals surface area contributed by atoms with Gasteiger partial charge in [0.25, 0.3) is 10.0 Å². The number of hydrogen-bond donors (Lipinski definition) is 3. The van der Waals surface area contributed by atoms with Crippen molar-refractivity contribution in [3.63, 3.8) is 0 Å². The second-order valence-corrected chi connectivity index (χ2v) is 8.44. The Bertz CT molecular complexity index is 1100. The molecule has 0 radical (unpaired) electrons. The lowest BCUT2D eigenvalue weighted by atomic mass is 10.2. The standard InChI is InChI=1S/C18H22FN3O4S.C2HF3O2/c1-3-8-22(9-4-2)17-16(18(23)24)11-14(12-20-17)21-27(25,26)15-7-5-6-13(19)10-15;3-2(4,5)1(6)7/h5-7,10-12,21H,3-4,8-9H2,1-2H3,(H,23,24);(H,6,7). The molecule has 9 nitrogen and oxygen atoms in total. The number of anilines is 2. The predicted octanol–water partition coefficient (Wildman–Crippen LogP) is 3.98. The van der Waals surface area contributed by atoms with Crippen LogP contribution < -0.4 is 9.62 Å². The minimum atomic E-state index is -5.08. The number of carboxylic acid groups (broad SMARTS) is 2. The van der Waals surface area contributed by atoms with Crippen molar-refractivity contribution in [2.75, 3.05) is 22.7 Å². The van der Waals surface area contributed by atoms with E-state index in [1.54, 1.807) is 0 Å². The number of carboxylic acids is 2. The maximum Gasteiger partial charge on any atom is 0.490 e. The van der Waals surface area contributed by atoms with Crippen LogP contribution in [0.4, 0.5) is 29.1 Å². The molecule has 0 aliphatic heterocycles. The molecule has 0 fully saturated rings. The Morgan fingerprint density at radius 3 is 2.09 bits per heavy atom. The molecule has 0 bridgehead atoms. The number of pyridine rings is 1. The third kappa shape index (κ3) is 8.50. The monoisotopic (exact) mass is 509 g/mol. The number of aliphatic carboxylic acids is 1. The van der Waals surface area contributed by atoms with Crippen molar-refractivity contribution in [3.05, 3.63) is 47.9 Å².